The molecule has 0 aliphatic carbocycles. The third-order valence-corrected chi connectivity index (χ3v) is 6.71. The van der Waals surface area contributed by atoms with Crippen LogP contribution in [0.25, 0.3) is 10.9 Å². The van der Waals surface area contributed by atoms with E-state index in [1.54, 1.807) is 24.3 Å². The Hall–Kier alpha value is -3.99. The first-order chi connectivity index (χ1) is 17.6. The number of methoxy groups -OCH3 is 1. The molecule has 1 aliphatic rings. The van der Waals surface area contributed by atoms with Gasteiger partial charge < -0.3 is 20.7 Å². The molecule has 3 N–H and O–H groups in total. The molecule has 0 bridgehead atoms. The van der Waals surface area contributed by atoms with E-state index in [4.69, 9.17) is 22.1 Å². The average Bonchev–Trinajstić information content (AvgIpc) is 3.49. The Morgan fingerprint density at radius 3 is 2.59 bits per heavy atom. The van der Waals surface area contributed by atoms with Gasteiger partial charge in [0.05, 0.1) is 35.3 Å². The van der Waals surface area contributed by atoms with Gasteiger partial charge in [-0.3, -0.25) is 14.2 Å². The van der Waals surface area contributed by atoms with E-state index in [-0.39, 0.29) is 42.1 Å². The number of rotatable bonds is 6. The zero-order valence-electron chi connectivity index (χ0n) is 19.7. The van der Waals surface area contributed by atoms with Crippen LogP contribution in [0.5, 0.6) is 0 Å². The molecular formula is C25H23ClF2N4O5. The van der Waals surface area contributed by atoms with Crippen LogP contribution in [0.15, 0.2) is 42.6 Å². The third-order valence-electron chi connectivity index (χ3n) is 6.42. The van der Waals surface area contributed by atoms with Crippen LogP contribution < -0.4 is 11.1 Å². The number of benzene rings is 2. The molecule has 3 amide bonds. The number of para-hydroxylation sites is 1. The fourth-order valence-electron chi connectivity index (χ4n) is 4.56. The number of urea groups is 1. The van der Waals surface area contributed by atoms with Crippen LogP contribution in [0.4, 0.5) is 24.1 Å². The normalized spacial score (nSPS) is 17.1. The van der Waals surface area contributed by atoms with E-state index in [1.165, 1.54) is 22.8 Å². The lowest BCUT2D eigenvalue weighted by molar-refractivity contribution is -0.144. The van der Waals surface area contributed by atoms with Gasteiger partial charge in [0.25, 0.3) is 0 Å². The molecule has 3 aromatic rings. The number of esters is 1. The minimum absolute atomic E-state index is 0.0114. The smallest absolute Gasteiger partial charge is 0.323 e. The summed E-state index contributed by atoms with van der Waals surface area (Å²) in [5.41, 5.74) is 5.84. The van der Waals surface area contributed by atoms with Gasteiger partial charge in [-0.05, 0) is 31.0 Å². The monoisotopic (exact) mass is 532 g/mol. The second-order valence-electron chi connectivity index (χ2n) is 8.61. The summed E-state index contributed by atoms with van der Waals surface area (Å²) in [7, 11) is 1.20. The van der Waals surface area contributed by atoms with Crippen LogP contribution in [-0.4, -0.2) is 53.0 Å². The number of aromatic nitrogens is 1. The van der Waals surface area contributed by atoms with E-state index in [0.29, 0.717) is 10.9 Å². The summed E-state index contributed by atoms with van der Waals surface area (Å²) in [6, 6.07) is 6.35. The number of nitrogens with zero attached hydrogens (tertiary/aromatic N) is 2. The van der Waals surface area contributed by atoms with E-state index < -0.39 is 47.4 Å². The highest BCUT2D eigenvalue weighted by Gasteiger charge is 2.42. The molecule has 1 aliphatic heterocycles. The molecule has 4 rings (SSSR count). The number of hydrogen-bond donors (Lipinski definition) is 2. The van der Waals surface area contributed by atoms with Gasteiger partial charge in [-0.1, -0.05) is 29.8 Å². The van der Waals surface area contributed by atoms with Crippen molar-refractivity contribution in [1.29, 1.82) is 0 Å². The molecule has 1 saturated heterocycles. The number of fused-ring (bicyclic) bond motifs is 1. The summed E-state index contributed by atoms with van der Waals surface area (Å²) in [4.78, 5) is 51.6. The first kappa shape index (κ1) is 26.1. The van der Waals surface area contributed by atoms with Crippen molar-refractivity contribution in [3.05, 3.63) is 64.8 Å². The molecule has 2 aromatic carbocycles. The number of nitrogens with two attached hydrogens (primary N) is 1. The number of ether oxygens (including phenoxy) is 1. The van der Waals surface area contributed by atoms with Crippen LogP contribution in [-0.2, 0) is 20.7 Å². The number of amides is 3. The number of hydrogen-bond acceptors (Lipinski definition) is 5. The molecule has 9 nitrogen and oxygen atoms in total. The van der Waals surface area contributed by atoms with Crippen molar-refractivity contribution >= 4 is 52.0 Å². The maximum absolute atomic E-state index is 14.3. The van der Waals surface area contributed by atoms with Crippen LogP contribution >= 0.6 is 11.6 Å². The second-order valence-corrected chi connectivity index (χ2v) is 9.02. The number of primary amides is 1. The molecule has 2 atom stereocenters. The SMILES string of the molecule is COC(=O)[C@H]1C[C@@H](C(=O)CCc2c(F)ccc(Cl)c2F)N(C(=O)Nc2cn(C(N)=O)c3ccccc23)C1. The van der Waals surface area contributed by atoms with E-state index in [2.05, 4.69) is 5.32 Å². The lowest BCUT2D eigenvalue weighted by Crippen LogP contribution is -2.43. The van der Waals surface area contributed by atoms with Crippen LogP contribution in [0.3, 0.4) is 0 Å². The summed E-state index contributed by atoms with van der Waals surface area (Å²) < 4.78 is 34.4. The molecular weight excluding hydrogens is 510 g/mol. The molecule has 37 heavy (non-hydrogen) atoms. The predicted molar refractivity (Wildman–Crippen MR) is 131 cm³/mol. The van der Waals surface area contributed by atoms with E-state index in [9.17, 15) is 28.0 Å². The van der Waals surface area contributed by atoms with Crippen LogP contribution in [0.1, 0.15) is 18.4 Å². The van der Waals surface area contributed by atoms with E-state index in [1.807, 2.05) is 0 Å². The molecule has 194 valence electrons. The second kappa shape index (κ2) is 10.6. The van der Waals surface area contributed by atoms with Crippen molar-refractivity contribution < 1.29 is 32.7 Å². The summed E-state index contributed by atoms with van der Waals surface area (Å²) >= 11 is 5.73. The molecule has 0 spiro atoms. The number of nitrogens with one attached hydrogen (secondary N) is 1. The first-order valence-electron chi connectivity index (χ1n) is 11.3. The first-order valence-corrected chi connectivity index (χ1v) is 11.7. The van der Waals surface area contributed by atoms with E-state index >= 15 is 0 Å². The minimum atomic E-state index is -1.04. The van der Waals surface area contributed by atoms with Crippen molar-refractivity contribution in [2.45, 2.75) is 25.3 Å². The number of carbonyl (C=O) groups is 4. The number of halogens is 3. The molecule has 1 fully saturated rings. The zero-order chi connectivity index (χ0) is 26.9. The molecule has 1 aromatic heterocycles. The molecule has 0 radical (unpaired) electrons. The Morgan fingerprint density at radius 2 is 1.89 bits per heavy atom. The van der Waals surface area contributed by atoms with Gasteiger partial charge in [0.2, 0.25) is 0 Å². The van der Waals surface area contributed by atoms with Crippen molar-refractivity contribution in [3.8, 4) is 0 Å². The van der Waals surface area contributed by atoms with Gasteiger partial charge in [-0.2, -0.15) is 0 Å². The minimum Gasteiger partial charge on any atom is -0.469 e. The fraction of sp³-hybridized carbons (Fsp3) is 0.280. The molecule has 2 heterocycles. The summed E-state index contributed by atoms with van der Waals surface area (Å²) in [5.74, 6) is -3.63. The molecule has 0 unspecified atom stereocenters. The Morgan fingerprint density at radius 1 is 1.16 bits per heavy atom. The van der Waals surface area contributed by atoms with Gasteiger partial charge in [0.1, 0.15) is 11.6 Å². The zero-order valence-corrected chi connectivity index (χ0v) is 20.4. The molecule has 0 saturated carbocycles. The van der Waals surface area contributed by atoms with Gasteiger partial charge in [0, 0.05) is 30.1 Å². The van der Waals surface area contributed by atoms with Crippen molar-refractivity contribution in [1.82, 2.24) is 9.47 Å². The highest BCUT2D eigenvalue weighted by Crippen LogP contribution is 2.30. The quantitative estimate of drug-likeness (QED) is 0.365. The summed E-state index contributed by atoms with van der Waals surface area (Å²) in [6.45, 7) is -0.108. The maximum atomic E-state index is 14.3. The average molecular weight is 533 g/mol. The number of likely N-dealkylation sites (tertiary alicyclic amines) is 1. The largest absolute Gasteiger partial charge is 0.469 e. The lowest BCUT2D eigenvalue weighted by Gasteiger charge is -2.24. The van der Waals surface area contributed by atoms with Crippen molar-refractivity contribution in [2.24, 2.45) is 11.7 Å². The maximum Gasteiger partial charge on any atom is 0.323 e. The van der Waals surface area contributed by atoms with E-state index in [0.717, 1.165) is 12.1 Å². The van der Waals surface area contributed by atoms with Crippen molar-refractivity contribution in [2.75, 3.05) is 19.0 Å². The number of ketones is 1. The number of carbonyl (C=O) groups excluding carboxylic acids is 4. The Kier molecular flexibility index (Phi) is 7.44. The van der Waals surface area contributed by atoms with Gasteiger partial charge in [-0.25, -0.2) is 18.4 Å². The van der Waals surface area contributed by atoms with Crippen molar-refractivity contribution in [3.63, 3.8) is 0 Å². The van der Waals surface area contributed by atoms with Gasteiger partial charge >= 0.3 is 18.0 Å². The summed E-state index contributed by atoms with van der Waals surface area (Å²) in [5, 5.41) is 2.94. The third kappa shape index (κ3) is 5.12. The number of Topliss-reactive ketones (excluding diaryl/α,β-unsaturated/α-hetero) is 1. The highest BCUT2D eigenvalue weighted by molar-refractivity contribution is 6.30. The Bertz CT molecular complexity index is 1410. The standard InChI is InChI=1S/C25H23ClF2N4O5/c1-37-23(34)13-10-20(21(33)9-6-14-17(27)8-7-16(26)22(14)28)32(11-13)25(36)30-18-12-31(24(29)35)19-5-3-2-4-15(18)19/h2-5,7-8,12-13,20H,6,9-11H2,1H3,(H2,29,35)(H,30,36)/t13-,20-/m0/s1. The van der Waals surface area contributed by atoms with Gasteiger partial charge in [0.15, 0.2) is 5.78 Å². The topological polar surface area (TPSA) is 124 Å². The predicted octanol–water partition coefficient (Wildman–Crippen LogP) is 4.10. The lowest BCUT2D eigenvalue weighted by atomic mass is 9.98. The fourth-order valence-corrected chi connectivity index (χ4v) is 4.74. The molecule has 12 heteroatoms. The Balaban J connectivity index is 1.57. The summed E-state index contributed by atoms with van der Waals surface area (Å²) in [6.07, 6.45) is 0.776. The van der Waals surface area contributed by atoms with Gasteiger partial charge in [-0.15, -0.1) is 0 Å². The van der Waals surface area contributed by atoms with Crippen LogP contribution in [0, 0.1) is 17.6 Å². The Labute approximate surface area is 215 Å². The number of anilines is 1. The highest BCUT2D eigenvalue weighted by atomic mass is 35.5. The van der Waals surface area contributed by atoms with Crippen LogP contribution in [0.2, 0.25) is 5.02 Å².